The molecule has 2 heterocycles. The van der Waals surface area contributed by atoms with E-state index in [1.807, 2.05) is 26.2 Å². The van der Waals surface area contributed by atoms with Gasteiger partial charge in [-0.15, -0.1) is 22.9 Å². The molecule has 0 spiro atoms. The van der Waals surface area contributed by atoms with Crippen LogP contribution < -0.4 is 4.90 Å². The number of nitrogens with zero attached hydrogens (tertiary/aromatic N) is 1. The van der Waals surface area contributed by atoms with Crippen molar-refractivity contribution >= 4 is 39.6 Å². The molecule has 18 heavy (non-hydrogen) atoms. The van der Waals surface area contributed by atoms with Gasteiger partial charge in [-0.1, -0.05) is 20.8 Å². The molecule has 1 amide bonds. The number of hydrogen-bond acceptors (Lipinski definition) is 3. The molecule has 0 N–H and O–H groups in total. The van der Waals surface area contributed by atoms with Crippen LogP contribution in [0.25, 0.3) is 0 Å². The van der Waals surface area contributed by atoms with E-state index in [2.05, 4.69) is 0 Å². The summed E-state index contributed by atoms with van der Waals surface area (Å²) in [5.74, 6) is 0.0602. The predicted octanol–water partition coefficient (Wildman–Crippen LogP) is 3.32. The molecule has 2 rings (SSSR count). The van der Waals surface area contributed by atoms with Crippen LogP contribution in [0.3, 0.4) is 0 Å². The van der Waals surface area contributed by atoms with Crippen LogP contribution in [0.2, 0.25) is 0 Å². The first-order chi connectivity index (χ1) is 8.30. The SMILES string of the molecule is CC(C)(C)C(=O)c1ccsc1N1CC(Cl)CC1=O. The summed E-state index contributed by atoms with van der Waals surface area (Å²) in [5.41, 5.74) is 0.186. The second kappa shape index (κ2) is 4.67. The predicted molar refractivity (Wildman–Crippen MR) is 74.7 cm³/mol. The molecule has 1 aliphatic heterocycles. The van der Waals surface area contributed by atoms with Gasteiger partial charge in [0.25, 0.3) is 0 Å². The number of halogens is 1. The van der Waals surface area contributed by atoms with Crippen molar-refractivity contribution in [1.82, 2.24) is 0 Å². The molecule has 1 aromatic heterocycles. The van der Waals surface area contributed by atoms with Crippen molar-refractivity contribution in [2.75, 3.05) is 11.4 Å². The van der Waals surface area contributed by atoms with Gasteiger partial charge < -0.3 is 4.90 Å². The summed E-state index contributed by atoms with van der Waals surface area (Å²) in [6, 6.07) is 1.79. The van der Waals surface area contributed by atoms with Gasteiger partial charge in [-0.05, 0) is 11.4 Å². The number of rotatable bonds is 2. The van der Waals surface area contributed by atoms with Gasteiger partial charge in [0.05, 0.1) is 10.9 Å². The van der Waals surface area contributed by atoms with Gasteiger partial charge in [0.1, 0.15) is 5.00 Å². The van der Waals surface area contributed by atoms with E-state index >= 15 is 0 Å². The molecule has 0 bridgehead atoms. The highest BCUT2D eigenvalue weighted by atomic mass is 35.5. The zero-order valence-corrected chi connectivity index (χ0v) is 12.3. The minimum absolute atomic E-state index is 0.000379. The van der Waals surface area contributed by atoms with E-state index in [1.165, 1.54) is 11.3 Å². The minimum atomic E-state index is -0.445. The maximum absolute atomic E-state index is 12.3. The van der Waals surface area contributed by atoms with Crippen LogP contribution in [-0.4, -0.2) is 23.6 Å². The van der Waals surface area contributed by atoms with E-state index in [4.69, 9.17) is 11.6 Å². The summed E-state index contributed by atoms with van der Waals surface area (Å²) in [4.78, 5) is 25.8. The second-order valence-corrected chi connectivity index (χ2v) is 7.04. The van der Waals surface area contributed by atoms with Crippen LogP contribution in [0, 0.1) is 5.41 Å². The van der Waals surface area contributed by atoms with Crippen LogP contribution in [0.1, 0.15) is 37.6 Å². The maximum Gasteiger partial charge on any atom is 0.229 e. The first-order valence-electron chi connectivity index (χ1n) is 5.87. The monoisotopic (exact) mass is 285 g/mol. The van der Waals surface area contributed by atoms with E-state index < -0.39 is 5.41 Å². The number of ketones is 1. The number of thiophene rings is 1. The fourth-order valence-corrected chi connectivity index (χ4v) is 3.14. The molecule has 3 nitrogen and oxygen atoms in total. The number of amides is 1. The summed E-state index contributed by atoms with van der Waals surface area (Å²) < 4.78 is 0. The third-order valence-corrected chi connectivity index (χ3v) is 4.12. The molecule has 1 aromatic rings. The number of Topliss-reactive ketones (excluding diaryl/α,β-unsaturated/α-hetero) is 1. The van der Waals surface area contributed by atoms with E-state index in [0.29, 0.717) is 18.5 Å². The van der Waals surface area contributed by atoms with Crippen LogP contribution in [0.4, 0.5) is 5.00 Å². The average molecular weight is 286 g/mol. The molecule has 1 unspecified atom stereocenters. The van der Waals surface area contributed by atoms with Crippen LogP contribution in [0.15, 0.2) is 11.4 Å². The van der Waals surface area contributed by atoms with Crippen LogP contribution in [0.5, 0.6) is 0 Å². The summed E-state index contributed by atoms with van der Waals surface area (Å²) >= 11 is 7.42. The van der Waals surface area contributed by atoms with Crippen molar-refractivity contribution < 1.29 is 9.59 Å². The number of hydrogen-bond donors (Lipinski definition) is 0. The Morgan fingerprint density at radius 2 is 2.17 bits per heavy atom. The fraction of sp³-hybridized carbons (Fsp3) is 0.538. The Morgan fingerprint density at radius 1 is 1.50 bits per heavy atom. The van der Waals surface area contributed by atoms with E-state index in [0.717, 1.165) is 5.00 Å². The Kier molecular flexibility index (Phi) is 3.52. The molecule has 0 aromatic carbocycles. The zero-order chi connectivity index (χ0) is 13.5. The van der Waals surface area contributed by atoms with Crippen molar-refractivity contribution in [2.45, 2.75) is 32.6 Å². The highest BCUT2D eigenvalue weighted by molar-refractivity contribution is 7.14. The van der Waals surface area contributed by atoms with Gasteiger partial charge in [0.15, 0.2) is 5.78 Å². The van der Waals surface area contributed by atoms with E-state index in [1.54, 1.807) is 11.0 Å². The Morgan fingerprint density at radius 3 is 2.67 bits per heavy atom. The number of carbonyl (C=O) groups is 2. The van der Waals surface area contributed by atoms with Crippen molar-refractivity contribution in [3.05, 3.63) is 17.0 Å². The molecule has 0 radical (unpaired) electrons. The van der Waals surface area contributed by atoms with E-state index in [9.17, 15) is 9.59 Å². The molecule has 1 aliphatic rings. The molecule has 0 saturated carbocycles. The normalized spacial score (nSPS) is 20.6. The molecule has 98 valence electrons. The lowest BCUT2D eigenvalue weighted by Gasteiger charge is -2.20. The van der Waals surface area contributed by atoms with Gasteiger partial charge in [-0.25, -0.2) is 0 Å². The average Bonchev–Trinajstić information content (AvgIpc) is 2.81. The summed E-state index contributed by atoms with van der Waals surface area (Å²) in [6.45, 7) is 6.14. The summed E-state index contributed by atoms with van der Waals surface area (Å²) in [7, 11) is 0. The molecular weight excluding hydrogens is 270 g/mol. The Labute approximate surface area is 116 Å². The quantitative estimate of drug-likeness (QED) is 0.617. The zero-order valence-electron chi connectivity index (χ0n) is 10.7. The number of carbonyl (C=O) groups excluding carboxylic acids is 2. The summed E-state index contributed by atoms with van der Waals surface area (Å²) in [6.07, 6.45) is 0.350. The van der Waals surface area contributed by atoms with Crippen LogP contribution in [-0.2, 0) is 4.79 Å². The molecular formula is C13H16ClNO2S. The lowest BCUT2D eigenvalue weighted by molar-refractivity contribution is -0.117. The molecule has 0 aliphatic carbocycles. The molecule has 1 saturated heterocycles. The maximum atomic E-state index is 12.3. The van der Waals surface area contributed by atoms with Gasteiger partial charge in [-0.3, -0.25) is 9.59 Å². The Balaban J connectivity index is 2.34. The van der Waals surface area contributed by atoms with E-state index in [-0.39, 0.29) is 17.1 Å². The molecule has 1 atom stereocenters. The number of alkyl halides is 1. The highest BCUT2D eigenvalue weighted by Gasteiger charge is 2.34. The third kappa shape index (κ3) is 2.45. The second-order valence-electron chi connectivity index (χ2n) is 5.52. The topological polar surface area (TPSA) is 37.4 Å². The highest BCUT2D eigenvalue weighted by Crippen LogP contribution is 2.35. The third-order valence-electron chi connectivity index (χ3n) is 2.89. The van der Waals surface area contributed by atoms with Crippen LogP contribution >= 0.6 is 22.9 Å². The van der Waals surface area contributed by atoms with Gasteiger partial charge in [-0.2, -0.15) is 0 Å². The molecule has 5 heteroatoms. The standard InChI is InChI=1S/C13H16ClNO2S/c1-13(2,3)11(17)9-4-5-18-12(9)15-7-8(14)6-10(15)16/h4-5,8H,6-7H2,1-3H3. The lowest BCUT2D eigenvalue weighted by Crippen LogP contribution is -2.27. The van der Waals surface area contributed by atoms with Crippen molar-refractivity contribution in [3.63, 3.8) is 0 Å². The van der Waals surface area contributed by atoms with Gasteiger partial charge >= 0.3 is 0 Å². The Bertz CT molecular complexity index is 489. The number of anilines is 1. The largest absolute Gasteiger partial charge is 0.302 e. The van der Waals surface area contributed by atoms with Crippen molar-refractivity contribution in [1.29, 1.82) is 0 Å². The van der Waals surface area contributed by atoms with Crippen molar-refractivity contribution in [2.24, 2.45) is 5.41 Å². The Hall–Kier alpha value is -0.870. The van der Waals surface area contributed by atoms with Gasteiger partial charge in [0.2, 0.25) is 5.91 Å². The van der Waals surface area contributed by atoms with Gasteiger partial charge in [0, 0.05) is 18.4 Å². The lowest BCUT2D eigenvalue weighted by atomic mass is 9.87. The fourth-order valence-electron chi connectivity index (χ4n) is 1.95. The smallest absolute Gasteiger partial charge is 0.229 e. The first kappa shape index (κ1) is 13.6. The summed E-state index contributed by atoms with van der Waals surface area (Å²) in [5, 5.41) is 2.43. The molecule has 1 fully saturated rings. The first-order valence-corrected chi connectivity index (χ1v) is 7.19. The minimum Gasteiger partial charge on any atom is -0.302 e. The van der Waals surface area contributed by atoms with Crippen molar-refractivity contribution in [3.8, 4) is 0 Å².